The summed E-state index contributed by atoms with van der Waals surface area (Å²) in [5, 5.41) is 10.2. The van der Waals surface area contributed by atoms with Crippen molar-refractivity contribution < 1.29 is 14.6 Å². The Morgan fingerprint density at radius 2 is 2.00 bits per heavy atom. The quantitative estimate of drug-likeness (QED) is 0.858. The third kappa shape index (κ3) is 3.53. The first-order valence-corrected chi connectivity index (χ1v) is 4.91. The standard InChI is InChI=1S/C11H13ClO3/c1-8(13)11(2,14)7-15-10-5-3-9(12)4-6-10/h3-6,14H,7H2,1-2H3. The van der Waals surface area contributed by atoms with E-state index in [9.17, 15) is 9.90 Å². The lowest BCUT2D eigenvalue weighted by molar-refractivity contribution is -0.136. The van der Waals surface area contributed by atoms with E-state index in [1.54, 1.807) is 24.3 Å². The summed E-state index contributed by atoms with van der Waals surface area (Å²) in [6.07, 6.45) is 0. The highest BCUT2D eigenvalue weighted by molar-refractivity contribution is 6.30. The zero-order valence-corrected chi connectivity index (χ0v) is 9.41. The van der Waals surface area contributed by atoms with Gasteiger partial charge in [0.25, 0.3) is 0 Å². The number of aliphatic hydroxyl groups is 1. The van der Waals surface area contributed by atoms with Gasteiger partial charge in [0, 0.05) is 5.02 Å². The van der Waals surface area contributed by atoms with Crippen molar-refractivity contribution in [2.24, 2.45) is 0 Å². The van der Waals surface area contributed by atoms with Crippen molar-refractivity contribution in [3.8, 4) is 5.75 Å². The van der Waals surface area contributed by atoms with Crippen molar-refractivity contribution in [3.63, 3.8) is 0 Å². The number of benzene rings is 1. The number of carbonyl (C=O) groups excluding carboxylic acids is 1. The summed E-state index contributed by atoms with van der Waals surface area (Å²) in [4.78, 5) is 11.0. The fraction of sp³-hybridized carbons (Fsp3) is 0.364. The molecule has 0 aromatic heterocycles. The molecule has 0 aliphatic carbocycles. The maximum atomic E-state index is 11.0. The van der Waals surface area contributed by atoms with Crippen molar-refractivity contribution >= 4 is 17.4 Å². The second-order valence-corrected chi connectivity index (χ2v) is 4.01. The average molecular weight is 229 g/mol. The summed E-state index contributed by atoms with van der Waals surface area (Å²) in [5.41, 5.74) is -1.44. The molecule has 0 saturated heterocycles. The second-order valence-electron chi connectivity index (χ2n) is 3.57. The van der Waals surface area contributed by atoms with Crippen LogP contribution in [0, 0.1) is 0 Å². The van der Waals surface area contributed by atoms with Crippen LogP contribution in [0.15, 0.2) is 24.3 Å². The van der Waals surface area contributed by atoms with Gasteiger partial charge in [-0.15, -0.1) is 0 Å². The summed E-state index contributed by atoms with van der Waals surface area (Å²) < 4.78 is 5.26. The van der Waals surface area contributed by atoms with Crippen molar-refractivity contribution in [2.75, 3.05) is 6.61 Å². The highest BCUT2D eigenvalue weighted by Crippen LogP contribution is 2.17. The van der Waals surface area contributed by atoms with Gasteiger partial charge in [-0.3, -0.25) is 4.79 Å². The van der Waals surface area contributed by atoms with E-state index < -0.39 is 5.60 Å². The van der Waals surface area contributed by atoms with Crippen LogP contribution in [0.5, 0.6) is 5.75 Å². The zero-order chi connectivity index (χ0) is 11.5. The predicted molar refractivity (Wildman–Crippen MR) is 58.3 cm³/mol. The predicted octanol–water partition coefficient (Wildman–Crippen LogP) is 2.06. The first-order valence-electron chi connectivity index (χ1n) is 4.53. The Morgan fingerprint density at radius 3 is 2.47 bits per heavy atom. The van der Waals surface area contributed by atoms with Crippen LogP contribution in [0.1, 0.15) is 13.8 Å². The van der Waals surface area contributed by atoms with Gasteiger partial charge in [-0.25, -0.2) is 0 Å². The number of halogens is 1. The molecule has 0 aliphatic rings. The summed E-state index contributed by atoms with van der Waals surface area (Å²) >= 11 is 5.69. The van der Waals surface area contributed by atoms with E-state index in [0.717, 1.165) is 0 Å². The lowest BCUT2D eigenvalue weighted by Gasteiger charge is -2.20. The van der Waals surface area contributed by atoms with Gasteiger partial charge < -0.3 is 9.84 Å². The molecule has 0 spiro atoms. The molecule has 0 radical (unpaired) electrons. The van der Waals surface area contributed by atoms with Gasteiger partial charge in [-0.2, -0.15) is 0 Å². The van der Waals surface area contributed by atoms with Gasteiger partial charge in [0.2, 0.25) is 0 Å². The maximum absolute atomic E-state index is 11.0. The molecule has 1 atom stereocenters. The monoisotopic (exact) mass is 228 g/mol. The van der Waals surface area contributed by atoms with E-state index in [1.807, 2.05) is 0 Å². The largest absolute Gasteiger partial charge is 0.490 e. The Balaban J connectivity index is 2.57. The number of ether oxygens (including phenoxy) is 1. The van der Waals surface area contributed by atoms with Crippen LogP contribution in [0.2, 0.25) is 5.02 Å². The van der Waals surface area contributed by atoms with Crippen molar-refractivity contribution in [3.05, 3.63) is 29.3 Å². The topological polar surface area (TPSA) is 46.5 Å². The molecule has 0 bridgehead atoms. The Kier molecular flexibility index (Phi) is 3.72. The molecule has 15 heavy (non-hydrogen) atoms. The maximum Gasteiger partial charge on any atom is 0.164 e. The Morgan fingerprint density at radius 1 is 1.47 bits per heavy atom. The van der Waals surface area contributed by atoms with Gasteiger partial charge in [0.1, 0.15) is 12.4 Å². The molecule has 0 heterocycles. The van der Waals surface area contributed by atoms with Crippen LogP contribution in [-0.2, 0) is 4.79 Å². The first-order chi connectivity index (χ1) is 6.92. The molecular weight excluding hydrogens is 216 g/mol. The number of Topliss-reactive ketones (excluding diaryl/α,β-unsaturated/α-hetero) is 1. The molecule has 0 aliphatic heterocycles. The summed E-state index contributed by atoms with van der Waals surface area (Å²) in [6, 6.07) is 6.72. The number of carbonyl (C=O) groups is 1. The number of hydrogen-bond acceptors (Lipinski definition) is 3. The molecule has 82 valence electrons. The Hall–Kier alpha value is -1.06. The highest BCUT2D eigenvalue weighted by Gasteiger charge is 2.27. The normalized spacial score (nSPS) is 14.4. The van der Waals surface area contributed by atoms with E-state index >= 15 is 0 Å². The van der Waals surface area contributed by atoms with Crippen LogP contribution in [0.4, 0.5) is 0 Å². The van der Waals surface area contributed by atoms with E-state index in [-0.39, 0.29) is 12.4 Å². The summed E-state index contributed by atoms with van der Waals surface area (Å²) in [6.45, 7) is 2.68. The third-order valence-electron chi connectivity index (χ3n) is 2.09. The Labute approximate surface area is 93.6 Å². The van der Waals surface area contributed by atoms with Crippen LogP contribution in [0.3, 0.4) is 0 Å². The molecule has 0 amide bonds. The molecular formula is C11H13ClO3. The molecule has 3 nitrogen and oxygen atoms in total. The minimum atomic E-state index is -1.44. The minimum Gasteiger partial charge on any atom is -0.490 e. The van der Waals surface area contributed by atoms with Crippen molar-refractivity contribution in [2.45, 2.75) is 19.4 Å². The van der Waals surface area contributed by atoms with Gasteiger partial charge >= 0.3 is 0 Å². The van der Waals surface area contributed by atoms with Gasteiger partial charge in [-0.05, 0) is 38.1 Å². The number of rotatable bonds is 4. The van der Waals surface area contributed by atoms with Crippen LogP contribution in [0.25, 0.3) is 0 Å². The lowest BCUT2D eigenvalue weighted by atomic mass is 10.0. The van der Waals surface area contributed by atoms with E-state index in [4.69, 9.17) is 16.3 Å². The van der Waals surface area contributed by atoms with Crippen molar-refractivity contribution in [1.29, 1.82) is 0 Å². The summed E-state index contributed by atoms with van der Waals surface area (Å²) in [7, 11) is 0. The fourth-order valence-electron chi connectivity index (χ4n) is 0.856. The molecule has 0 fully saturated rings. The van der Waals surface area contributed by atoms with E-state index in [2.05, 4.69) is 0 Å². The third-order valence-corrected chi connectivity index (χ3v) is 2.34. The number of ketones is 1. The van der Waals surface area contributed by atoms with Crippen LogP contribution < -0.4 is 4.74 Å². The van der Waals surface area contributed by atoms with E-state index in [1.165, 1.54) is 13.8 Å². The van der Waals surface area contributed by atoms with Crippen LogP contribution >= 0.6 is 11.6 Å². The van der Waals surface area contributed by atoms with E-state index in [0.29, 0.717) is 10.8 Å². The molecule has 1 aromatic rings. The van der Waals surface area contributed by atoms with Crippen molar-refractivity contribution in [1.82, 2.24) is 0 Å². The van der Waals surface area contributed by atoms with Gasteiger partial charge in [0.15, 0.2) is 11.4 Å². The SMILES string of the molecule is CC(=O)C(C)(O)COc1ccc(Cl)cc1. The number of hydrogen-bond donors (Lipinski definition) is 1. The molecule has 1 unspecified atom stereocenters. The highest BCUT2D eigenvalue weighted by atomic mass is 35.5. The zero-order valence-electron chi connectivity index (χ0n) is 8.66. The Bertz CT molecular complexity index is 343. The van der Waals surface area contributed by atoms with Crippen LogP contribution in [-0.4, -0.2) is 23.1 Å². The van der Waals surface area contributed by atoms with Gasteiger partial charge in [-0.1, -0.05) is 11.6 Å². The van der Waals surface area contributed by atoms with Gasteiger partial charge in [0.05, 0.1) is 0 Å². The second kappa shape index (κ2) is 4.64. The molecule has 0 saturated carbocycles. The smallest absolute Gasteiger partial charge is 0.164 e. The average Bonchev–Trinajstić information content (AvgIpc) is 2.17. The minimum absolute atomic E-state index is 0.0655. The molecule has 1 N–H and O–H groups in total. The fourth-order valence-corrected chi connectivity index (χ4v) is 0.982. The lowest BCUT2D eigenvalue weighted by Crippen LogP contribution is -2.39. The molecule has 1 aromatic carbocycles. The molecule has 4 heteroatoms. The first kappa shape index (κ1) is 12.0. The summed E-state index contributed by atoms with van der Waals surface area (Å²) in [5.74, 6) is 0.248. The molecule has 1 rings (SSSR count).